The lowest BCUT2D eigenvalue weighted by Gasteiger charge is -2.21. The van der Waals surface area contributed by atoms with Gasteiger partial charge in [0.15, 0.2) is 0 Å². The summed E-state index contributed by atoms with van der Waals surface area (Å²) < 4.78 is 5.58. The van der Waals surface area contributed by atoms with Crippen LogP contribution in [0.2, 0.25) is 0 Å². The number of carbonyl (C=O) groups excluding carboxylic acids is 1. The molecule has 1 unspecified atom stereocenters. The van der Waals surface area contributed by atoms with Crippen LogP contribution in [0.1, 0.15) is 12.5 Å². The monoisotopic (exact) mass is 250 g/mol. The van der Waals surface area contributed by atoms with Gasteiger partial charge in [-0.3, -0.25) is 4.79 Å². The molecule has 0 aliphatic rings. The summed E-state index contributed by atoms with van der Waals surface area (Å²) in [6.07, 6.45) is -0.410. The molecule has 1 N–H and O–H groups in total. The van der Waals surface area contributed by atoms with E-state index in [-0.39, 0.29) is 5.91 Å². The second kappa shape index (κ2) is 7.84. The summed E-state index contributed by atoms with van der Waals surface area (Å²) in [6, 6.07) is 9.86. The summed E-state index contributed by atoms with van der Waals surface area (Å²) in [5.41, 5.74) is 1.08. The lowest BCUT2D eigenvalue weighted by atomic mass is 10.2. The smallest absolute Gasteiger partial charge is 0.251 e. The number of hydrogen-bond donors (Lipinski definition) is 1. The van der Waals surface area contributed by atoms with Crippen molar-refractivity contribution in [2.75, 3.05) is 27.2 Å². The molecule has 1 atom stereocenters. The van der Waals surface area contributed by atoms with Crippen molar-refractivity contribution in [1.82, 2.24) is 10.2 Å². The molecule has 0 heterocycles. The van der Waals surface area contributed by atoms with Crippen LogP contribution < -0.4 is 5.32 Å². The third-order valence-electron chi connectivity index (χ3n) is 2.76. The molecule has 18 heavy (non-hydrogen) atoms. The van der Waals surface area contributed by atoms with Gasteiger partial charge in [-0.25, -0.2) is 0 Å². The second-order valence-corrected chi connectivity index (χ2v) is 4.30. The van der Waals surface area contributed by atoms with Crippen LogP contribution in [-0.2, 0) is 16.1 Å². The Labute approximate surface area is 109 Å². The van der Waals surface area contributed by atoms with Gasteiger partial charge in [-0.15, -0.1) is 0 Å². The third-order valence-corrected chi connectivity index (χ3v) is 2.76. The lowest BCUT2D eigenvalue weighted by molar-refractivity contribution is -0.141. The number of ether oxygens (including phenoxy) is 1. The first-order chi connectivity index (χ1) is 8.65. The van der Waals surface area contributed by atoms with Gasteiger partial charge in [-0.1, -0.05) is 30.3 Å². The zero-order chi connectivity index (χ0) is 13.4. The minimum absolute atomic E-state index is 0.0150. The number of carbonyl (C=O) groups is 1. The number of nitrogens with one attached hydrogen (secondary N) is 1. The summed E-state index contributed by atoms with van der Waals surface area (Å²) in [4.78, 5) is 13.6. The molecule has 0 saturated heterocycles. The van der Waals surface area contributed by atoms with Crippen molar-refractivity contribution in [3.05, 3.63) is 35.9 Å². The van der Waals surface area contributed by atoms with Crippen LogP contribution in [0.5, 0.6) is 0 Å². The van der Waals surface area contributed by atoms with Crippen LogP contribution in [0.15, 0.2) is 30.3 Å². The Morgan fingerprint density at radius 3 is 2.67 bits per heavy atom. The molecule has 1 aromatic carbocycles. The molecule has 0 radical (unpaired) electrons. The fourth-order valence-corrected chi connectivity index (χ4v) is 1.57. The molecule has 0 spiro atoms. The topological polar surface area (TPSA) is 41.6 Å². The normalized spacial score (nSPS) is 12.2. The minimum atomic E-state index is -0.410. The first-order valence-corrected chi connectivity index (χ1v) is 6.20. The van der Waals surface area contributed by atoms with Crippen LogP contribution in [0.3, 0.4) is 0 Å². The van der Waals surface area contributed by atoms with Gasteiger partial charge >= 0.3 is 0 Å². The Bertz CT molecular complexity index is 354. The molecular weight excluding hydrogens is 228 g/mol. The molecule has 4 heteroatoms. The summed E-state index contributed by atoms with van der Waals surface area (Å²) in [7, 11) is 3.66. The van der Waals surface area contributed by atoms with Crippen LogP contribution in [0, 0.1) is 0 Å². The molecule has 1 rings (SSSR count). The van der Waals surface area contributed by atoms with E-state index in [4.69, 9.17) is 4.74 Å². The third kappa shape index (κ3) is 4.85. The van der Waals surface area contributed by atoms with Gasteiger partial charge in [0, 0.05) is 20.1 Å². The van der Waals surface area contributed by atoms with Gasteiger partial charge in [0.1, 0.15) is 6.10 Å². The van der Waals surface area contributed by atoms with Gasteiger partial charge in [0.2, 0.25) is 0 Å². The Hall–Kier alpha value is -1.39. The van der Waals surface area contributed by atoms with E-state index in [0.29, 0.717) is 13.2 Å². The van der Waals surface area contributed by atoms with Crippen molar-refractivity contribution in [1.29, 1.82) is 0 Å². The molecule has 0 bridgehead atoms. The Morgan fingerprint density at radius 1 is 1.39 bits per heavy atom. The maximum absolute atomic E-state index is 11.9. The second-order valence-electron chi connectivity index (χ2n) is 4.30. The van der Waals surface area contributed by atoms with E-state index in [0.717, 1.165) is 12.1 Å². The Kier molecular flexibility index (Phi) is 6.39. The maximum Gasteiger partial charge on any atom is 0.251 e. The summed E-state index contributed by atoms with van der Waals surface area (Å²) in [5.74, 6) is 0.0150. The number of nitrogens with zero attached hydrogens (tertiary/aromatic N) is 1. The van der Waals surface area contributed by atoms with Gasteiger partial charge in [-0.2, -0.15) is 0 Å². The van der Waals surface area contributed by atoms with Gasteiger partial charge in [0.25, 0.3) is 5.91 Å². The largest absolute Gasteiger partial charge is 0.364 e. The predicted octanol–water partition coefficient (Wildman–Crippen LogP) is 1.27. The van der Waals surface area contributed by atoms with E-state index in [2.05, 4.69) is 5.32 Å². The van der Waals surface area contributed by atoms with Crippen molar-refractivity contribution >= 4 is 5.91 Å². The molecule has 4 nitrogen and oxygen atoms in total. The van der Waals surface area contributed by atoms with E-state index >= 15 is 0 Å². The van der Waals surface area contributed by atoms with Crippen LogP contribution in [0.4, 0.5) is 0 Å². The average Bonchev–Trinajstić information content (AvgIpc) is 2.42. The summed E-state index contributed by atoms with van der Waals surface area (Å²) in [6.45, 7) is 3.73. The zero-order valence-corrected chi connectivity index (χ0v) is 11.3. The maximum atomic E-state index is 11.9. The number of benzene rings is 1. The lowest BCUT2D eigenvalue weighted by Crippen LogP contribution is -2.39. The van der Waals surface area contributed by atoms with E-state index < -0.39 is 6.10 Å². The highest BCUT2D eigenvalue weighted by Crippen LogP contribution is 2.05. The molecule has 1 aromatic rings. The van der Waals surface area contributed by atoms with Crippen LogP contribution in [0.25, 0.3) is 0 Å². The highest BCUT2D eigenvalue weighted by Gasteiger charge is 2.17. The zero-order valence-electron chi connectivity index (χ0n) is 11.3. The standard InChI is InChI=1S/C14H22N2O2/c1-12(14(17)16(3)10-9-15-2)18-11-13-7-5-4-6-8-13/h4-8,12,15H,9-11H2,1-3H3. The van der Waals surface area contributed by atoms with Gasteiger partial charge < -0.3 is 15.0 Å². The molecular formula is C14H22N2O2. The Morgan fingerprint density at radius 2 is 2.06 bits per heavy atom. The van der Waals surface area contributed by atoms with E-state index in [1.54, 1.807) is 18.9 Å². The summed E-state index contributed by atoms with van der Waals surface area (Å²) in [5, 5.41) is 3.02. The van der Waals surface area contributed by atoms with Crippen molar-refractivity contribution in [3.63, 3.8) is 0 Å². The van der Waals surface area contributed by atoms with Crippen molar-refractivity contribution in [3.8, 4) is 0 Å². The number of hydrogen-bond acceptors (Lipinski definition) is 3. The SMILES string of the molecule is CNCCN(C)C(=O)C(C)OCc1ccccc1. The average molecular weight is 250 g/mol. The highest BCUT2D eigenvalue weighted by molar-refractivity contribution is 5.80. The Balaban J connectivity index is 2.35. The van der Waals surface area contributed by atoms with Crippen LogP contribution in [-0.4, -0.2) is 44.1 Å². The number of likely N-dealkylation sites (N-methyl/N-ethyl adjacent to an activating group) is 2. The fourth-order valence-electron chi connectivity index (χ4n) is 1.57. The first kappa shape index (κ1) is 14.7. The van der Waals surface area contributed by atoms with Crippen molar-refractivity contribution in [2.24, 2.45) is 0 Å². The van der Waals surface area contributed by atoms with Crippen LogP contribution >= 0.6 is 0 Å². The van der Waals surface area contributed by atoms with Gasteiger partial charge in [-0.05, 0) is 19.5 Å². The van der Waals surface area contributed by atoms with E-state index in [1.807, 2.05) is 37.4 Å². The quantitative estimate of drug-likeness (QED) is 0.792. The molecule has 0 saturated carbocycles. The fraction of sp³-hybridized carbons (Fsp3) is 0.500. The molecule has 0 aromatic heterocycles. The summed E-state index contributed by atoms with van der Waals surface area (Å²) >= 11 is 0. The number of rotatable bonds is 7. The van der Waals surface area contributed by atoms with E-state index in [1.165, 1.54) is 0 Å². The van der Waals surface area contributed by atoms with Gasteiger partial charge in [0.05, 0.1) is 6.61 Å². The molecule has 0 aliphatic carbocycles. The number of amides is 1. The van der Waals surface area contributed by atoms with E-state index in [9.17, 15) is 4.79 Å². The molecule has 0 fully saturated rings. The minimum Gasteiger partial charge on any atom is -0.364 e. The molecule has 0 aliphatic heterocycles. The van der Waals surface area contributed by atoms with Crippen molar-refractivity contribution in [2.45, 2.75) is 19.6 Å². The molecule has 1 amide bonds. The highest BCUT2D eigenvalue weighted by atomic mass is 16.5. The first-order valence-electron chi connectivity index (χ1n) is 6.20. The van der Waals surface area contributed by atoms with Crippen molar-refractivity contribution < 1.29 is 9.53 Å². The predicted molar refractivity (Wildman–Crippen MR) is 72.3 cm³/mol. The molecule has 100 valence electrons.